The summed E-state index contributed by atoms with van der Waals surface area (Å²) in [6.45, 7) is 1.94. The van der Waals surface area contributed by atoms with Crippen LogP contribution in [0.15, 0.2) is 48.5 Å². The molecule has 0 spiro atoms. The number of para-hydroxylation sites is 1. The second kappa shape index (κ2) is 10.6. The molecule has 158 valence electrons. The lowest BCUT2D eigenvalue weighted by atomic mass is 10.2. The molecule has 2 rings (SSSR count). The molecule has 0 bridgehead atoms. The Labute approximate surface area is 174 Å². The first-order valence-corrected chi connectivity index (χ1v) is 12.1. The van der Waals surface area contributed by atoms with Crippen LogP contribution in [-0.2, 0) is 20.6 Å². The van der Waals surface area contributed by atoms with Gasteiger partial charge in [0.25, 0.3) is 0 Å². The van der Waals surface area contributed by atoms with Crippen LogP contribution in [0, 0.1) is 11.6 Å². The Morgan fingerprint density at radius 1 is 1.10 bits per heavy atom. The zero-order valence-electron chi connectivity index (χ0n) is 16.3. The average molecular weight is 443 g/mol. The molecule has 0 saturated carbocycles. The zero-order chi connectivity index (χ0) is 21.4. The van der Waals surface area contributed by atoms with E-state index in [1.165, 1.54) is 36.0 Å². The lowest BCUT2D eigenvalue weighted by Crippen LogP contribution is -2.50. The number of anilines is 1. The van der Waals surface area contributed by atoms with E-state index in [-0.39, 0.29) is 24.5 Å². The van der Waals surface area contributed by atoms with Crippen molar-refractivity contribution in [3.63, 3.8) is 0 Å². The van der Waals surface area contributed by atoms with Crippen LogP contribution in [-0.4, -0.2) is 38.9 Å². The SMILES string of the molecule is CCC(C(=O)NCCSCc1ccccc1F)N(c1ccccc1F)S(C)(=O)=O. The van der Waals surface area contributed by atoms with Gasteiger partial charge in [-0.1, -0.05) is 37.3 Å². The quantitative estimate of drug-likeness (QED) is 0.572. The van der Waals surface area contributed by atoms with Gasteiger partial charge in [-0.05, 0) is 30.2 Å². The van der Waals surface area contributed by atoms with Crippen LogP contribution >= 0.6 is 11.8 Å². The molecule has 29 heavy (non-hydrogen) atoms. The van der Waals surface area contributed by atoms with Crippen LogP contribution in [0.2, 0.25) is 0 Å². The van der Waals surface area contributed by atoms with Gasteiger partial charge in [0.15, 0.2) is 0 Å². The smallest absolute Gasteiger partial charge is 0.243 e. The van der Waals surface area contributed by atoms with Gasteiger partial charge in [-0.15, -0.1) is 0 Å². The molecule has 1 atom stereocenters. The van der Waals surface area contributed by atoms with Crippen molar-refractivity contribution in [3.05, 3.63) is 65.7 Å². The molecule has 0 heterocycles. The third kappa shape index (κ3) is 6.43. The van der Waals surface area contributed by atoms with Crippen molar-refractivity contribution < 1.29 is 22.0 Å². The summed E-state index contributed by atoms with van der Waals surface area (Å²) in [6, 6.07) is 10.9. The van der Waals surface area contributed by atoms with Gasteiger partial charge in [0, 0.05) is 18.1 Å². The molecule has 0 fully saturated rings. The predicted molar refractivity (Wildman–Crippen MR) is 113 cm³/mol. The third-order valence-electron chi connectivity index (χ3n) is 4.18. The number of hydrogen-bond donors (Lipinski definition) is 1. The normalized spacial score (nSPS) is 12.4. The van der Waals surface area contributed by atoms with Crippen molar-refractivity contribution in [3.8, 4) is 0 Å². The molecule has 1 unspecified atom stereocenters. The van der Waals surface area contributed by atoms with Crippen molar-refractivity contribution in [2.75, 3.05) is 22.9 Å². The van der Waals surface area contributed by atoms with Gasteiger partial charge >= 0.3 is 0 Å². The minimum Gasteiger partial charge on any atom is -0.353 e. The fourth-order valence-electron chi connectivity index (χ4n) is 2.83. The molecule has 0 radical (unpaired) electrons. The molecule has 0 aliphatic carbocycles. The average Bonchev–Trinajstić information content (AvgIpc) is 2.67. The van der Waals surface area contributed by atoms with E-state index in [1.807, 2.05) is 0 Å². The molecule has 2 aromatic carbocycles. The largest absolute Gasteiger partial charge is 0.353 e. The van der Waals surface area contributed by atoms with Crippen LogP contribution in [0.4, 0.5) is 14.5 Å². The summed E-state index contributed by atoms with van der Waals surface area (Å²) in [5.41, 5.74) is 0.420. The van der Waals surface area contributed by atoms with Crippen LogP contribution in [0.5, 0.6) is 0 Å². The number of halogens is 2. The van der Waals surface area contributed by atoms with E-state index < -0.39 is 27.8 Å². The summed E-state index contributed by atoms with van der Waals surface area (Å²) in [5.74, 6) is -0.513. The fourth-order valence-corrected chi connectivity index (χ4v) is 4.88. The van der Waals surface area contributed by atoms with Crippen LogP contribution in [0.1, 0.15) is 18.9 Å². The van der Waals surface area contributed by atoms with E-state index in [9.17, 15) is 22.0 Å². The first kappa shape index (κ1) is 23.2. The third-order valence-corrected chi connectivity index (χ3v) is 6.35. The van der Waals surface area contributed by atoms with Gasteiger partial charge in [0.1, 0.15) is 17.7 Å². The lowest BCUT2D eigenvalue weighted by Gasteiger charge is -2.30. The summed E-state index contributed by atoms with van der Waals surface area (Å²) < 4.78 is 53.2. The molecule has 5 nitrogen and oxygen atoms in total. The molecule has 9 heteroatoms. The number of amides is 1. The maximum Gasteiger partial charge on any atom is 0.243 e. The number of sulfonamides is 1. The standard InChI is InChI=1S/C20H24F2N2O3S2/c1-3-18(24(29(2,26)27)19-11-7-6-10-17(19)22)20(25)23-12-13-28-14-15-8-4-5-9-16(15)21/h4-11,18H,3,12-14H2,1-2H3,(H,23,25). The summed E-state index contributed by atoms with van der Waals surface area (Å²) in [7, 11) is -3.89. The predicted octanol–water partition coefficient (Wildman–Crippen LogP) is 3.56. The van der Waals surface area contributed by atoms with Gasteiger partial charge < -0.3 is 5.32 Å². The number of nitrogens with one attached hydrogen (secondary N) is 1. The summed E-state index contributed by atoms with van der Waals surface area (Å²) in [6.07, 6.45) is 1.12. The van der Waals surface area contributed by atoms with E-state index in [1.54, 1.807) is 25.1 Å². The van der Waals surface area contributed by atoms with Crippen LogP contribution in [0.25, 0.3) is 0 Å². The van der Waals surface area contributed by atoms with E-state index in [4.69, 9.17) is 0 Å². The number of nitrogens with zero attached hydrogens (tertiary/aromatic N) is 1. The second-order valence-corrected chi connectivity index (χ2v) is 9.33. The number of hydrogen-bond acceptors (Lipinski definition) is 4. The first-order valence-electron chi connectivity index (χ1n) is 9.08. The van der Waals surface area contributed by atoms with E-state index in [0.29, 0.717) is 17.1 Å². The number of carbonyl (C=O) groups is 1. The topological polar surface area (TPSA) is 66.5 Å². The van der Waals surface area contributed by atoms with E-state index in [0.717, 1.165) is 16.6 Å². The van der Waals surface area contributed by atoms with Crippen molar-refractivity contribution in [1.29, 1.82) is 0 Å². The van der Waals surface area contributed by atoms with Crippen LogP contribution < -0.4 is 9.62 Å². The Morgan fingerprint density at radius 2 is 1.72 bits per heavy atom. The summed E-state index contributed by atoms with van der Waals surface area (Å²) >= 11 is 1.45. The fraction of sp³-hybridized carbons (Fsp3) is 0.350. The number of thioether (sulfide) groups is 1. The molecule has 1 amide bonds. The van der Waals surface area contributed by atoms with Gasteiger partial charge in [-0.3, -0.25) is 9.10 Å². The highest BCUT2D eigenvalue weighted by molar-refractivity contribution is 7.98. The Bertz CT molecular complexity index is 939. The van der Waals surface area contributed by atoms with E-state index >= 15 is 0 Å². The van der Waals surface area contributed by atoms with Crippen molar-refractivity contribution >= 4 is 33.4 Å². The van der Waals surface area contributed by atoms with Crippen LogP contribution in [0.3, 0.4) is 0 Å². The monoisotopic (exact) mass is 442 g/mol. The molecule has 0 aliphatic rings. The van der Waals surface area contributed by atoms with Gasteiger partial charge in [-0.25, -0.2) is 17.2 Å². The highest BCUT2D eigenvalue weighted by Gasteiger charge is 2.32. The molecule has 1 N–H and O–H groups in total. The highest BCUT2D eigenvalue weighted by Crippen LogP contribution is 2.25. The molecular formula is C20H24F2N2O3S2. The minimum atomic E-state index is -3.89. The Kier molecular flexibility index (Phi) is 8.45. The minimum absolute atomic E-state index is 0.161. The number of carbonyl (C=O) groups excluding carboxylic acids is 1. The Balaban J connectivity index is 1.99. The Morgan fingerprint density at radius 3 is 2.31 bits per heavy atom. The Hall–Kier alpha value is -2.13. The maximum absolute atomic E-state index is 14.2. The number of rotatable bonds is 10. The van der Waals surface area contributed by atoms with Crippen molar-refractivity contribution in [2.45, 2.75) is 25.1 Å². The first-order chi connectivity index (χ1) is 13.8. The van der Waals surface area contributed by atoms with E-state index in [2.05, 4.69) is 5.32 Å². The van der Waals surface area contributed by atoms with Gasteiger partial charge in [-0.2, -0.15) is 11.8 Å². The zero-order valence-corrected chi connectivity index (χ0v) is 17.9. The van der Waals surface area contributed by atoms with Gasteiger partial charge in [0.2, 0.25) is 15.9 Å². The maximum atomic E-state index is 14.2. The van der Waals surface area contributed by atoms with Crippen molar-refractivity contribution in [1.82, 2.24) is 5.32 Å². The lowest BCUT2D eigenvalue weighted by molar-refractivity contribution is -0.122. The molecule has 0 aromatic heterocycles. The summed E-state index contributed by atoms with van der Waals surface area (Å²) in [4.78, 5) is 12.6. The molecule has 0 saturated heterocycles. The summed E-state index contributed by atoms with van der Waals surface area (Å²) in [5, 5.41) is 2.69. The van der Waals surface area contributed by atoms with Gasteiger partial charge in [0.05, 0.1) is 11.9 Å². The number of benzene rings is 2. The second-order valence-electron chi connectivity index (χ2n) is 6.37. The molecule has 0 aliphatic heterocycles. The molecule has 2 aromatic rings. The van der Waals surface area contributed by atoms with Crippen molar-refractivity contribution in [2.24, 2.45) is 0 Å². The molecular weight excluding hydrogens is 418 g/mol. The highest BCUT2D eigenvalue weighted by atomic mass is 32.2.